The lowest BCUT2D eigenvalue weighted by Crippen LogP contribution is -2.32. The molecule has 0 radical (unpaired) electrons. The van der Waals surface area contributed by atoms with Gasteiger partial charge in [0.15, 0.2) is 5.82 Å². The first kappa shape index (κ1) is 12.0. The molecule has 1 aromatic rings. The molecule has 1 saturated heterocycles. The second-order valence-corrected chi connectivity index (χ2v) is 5.84. The summed E-state index contributed by atoms with van der Waals surface area (Å²) in [5.74, 6) is -0.898. The summed E-state index contributed by atoms with van der Waals surface area (Å²) in [7, 11) is 0. The van der Waals surface area contributed by atoms with Crippen LogP contribution in [0.5, 0.6) is 0 Å². The predicted molar refractivity (Wildman–Crippen MR) is 69.5 cm³/mol. The Kier molecular flexibility index (Phi) is 2.81. The Morgan fingerprint density at radius 1 is 1.44 bits per heavy atom. The van der Waals surface area contributed by atoms with Gasteiger partial charge in [-0.1, -0.05) is 0 Å². The first-order valence-electron chi connectivity index (χ1n) is 6.06. The molecule has 1 N–H and O–H groups in total. The van der Waals surface area contributed by atoms with Crippen molar-refractivity contribution in [3.05, 3.63) is 28.0 Å². The van der Waals surface area contributed by atoms with Crippen molar-refractivity contribution in [2.45, 2.75) is 25.3 Å². The number of rotatable bonds is 2. The van der Waals surface area contributed by atoms with Crippen molar-refractivity contribution in [1.29, 1.82) is 0 Å². The molecule has 96 valence electrons. The van der Waals surface area contributed by atoms with E-state index in [1.807, 2.05) is 0 Å². The molecule has 1 heterocycles. The zero-order valence-corrected chi connectivity index (χ0v) is 11.3. The van der Waals surface area contributed by atoms with Crippen LogP contribution in [0.25, 0.3) is 0 Å². The number of carboxylic acid groups (broad SMARTS) is 1. The Balaban J connectivity index is 1.99. The molecule has 2 bridgehead atoms. The van der Waals surface area contributed by atoms with Gasteiger partial charge in [-0.05, 0) is 53.2 Å². The molecule has 1 saturated carbocycles. The van der Waals surface area contributed by atoms with E-state index in [0.29, 0.717) is 17.6 Å². The van der Waals surface area contributed by atoms with Crippen molar-refractivity contribution in [3.63, 3.8) is 0 Å². The molecule has 0 amide bonds. The van der Waals surface area contributed by atoms with E-state index in [2.05, 4.69) is 20.8 Å². The highest BCUT2D eigenvalue weighted by Crippen LogP contribution is 2.42. The number of piperidine rings is 1. The number of benzene rings is 1. The number of anilines is 1. The Labute approximate surface area is 113 Å². The summed E-state index contributed by atoms with van der Waals surface area (Å²) in [6, 6.07) is 3.48. The monoisotopic (exact) mass is 313 g/mol. The summed E-state index contributed by atoms with van der Waals surface area (Å²) in [5, 5.41) is 8.94. The van der Waals surface area contributed by atoms with Crippen LogP contribution in [-0.4, -0.2) is 23.7 Å². The van der Waals surface area contributed by atoms with Crippen LogP contribution in [0.15, 0.2) is 16.6 Å². The Hall–Kier alpha value is -1.10. The summed E-state index contributed by atoms with van der Waals surface area (Å²) >= 11 is 3.05. The first-order chi connectivity index (χ1) is 8.58. The van der Waals surface area contributed by atoms with Gasteiger partial charge in [0.05, 0.1) is 15.7 Å². The molecule has 5 heteroatoms. The van der Waals surface area contributed by atoms with E-state index in [1.54, 1.807) is 6.07 Å². The molecule has 3 rings (SSSR count). The smallest absolute Gasteiger partial charge is 0.336 e. The summed E-state index contributed by atoms with van der Waals surface area (Å²) in [5.41, 5.74) is 0.500. The maximum Gasteiger partial charge on any atom is 0.336 e. The number of halogens is 2. The van der Waals surface area contributed by atoms with Crippen LogP contribution in [0, 0.1) is 11.7 Å². The van der Waals surface area contributed by atoms with E-state index < -0.39 is 11.8 Å². The van der Waals surface area contributed by atoms with Crippen LogP contribution < -0.4 is 4.90 Å². The van der Waals surface area contributed by atoms with Crippen LogP contribution in [0.3, 0.4) is 0 Å². The molecule has 2 fully saturated rings. The van der Waals surface area contributed by atoms with Gasteiger partial charge in [-0.3, -0.25) is 0 Å². The van der Waals surface area contributed by atoms with E-state index in [1.165, 1.54) is 12.5 Å². The zero-order chi connectivity index (χ0) is 12.9. The number of carbonyl (C=O) groups is 1. The van der Waals surface area contributed by atoms with Gasteiger partial charge in [-0.25, -0.2) is 9.18 Å². The highest BCUT2D eigenvalue weighted by molar-refractivity contribution is 9.10. The van der Waals surface area contributed by atoms with Crippen LogP contribution in [0.4, 0.5) is 10.1 Å². The zero-order valence-electron chi connectivity index (χ0n) is 9.70. The normalized spacial score (nSPS) is 25.8. The standard InChI is InChI=1S/C13H13BrFNO2/c14-11-9(13(17)18)3-4-10(12(11)15)16-6-7-1-2-8(16)5-7/h3-4,7-8H,1-2,5-6H2,(H,17,18). The molecule has 2 aliphatic rings. The minimum atomic E-state index is -1.12. The van der Waals surface area contributed by atoms with Crippen molar-refractivity contribution in [2.75, 3.05) is 11.4 Å². The largest absolute Gasteiger partial charge is 0.478 e. The Morgan fingerprint density at radius 2 is 2.22 bits per heavy atom. The predicted octanol–water partition coefficient (Wildman–Crippen LogP) is 3.28. The minimum Gasteiger partial charge on any atom is -0.478 e. The molecule has 1 aromatic carbocycles. The van der Waals surface area contributed by atoms with Crippen molar-refractivity contribution in [3.8, 4) is 0 Å². The lowest BCUT2D eigenvalue weighted by Gasteiger charge is -2.29. The maximum atomic E-state index is 14.2. The Morgan fingerprint density at radius 3 is 2.78 bits per heavy atom. The van der Waals surface area contributed by atoms with E-state index in [9.17, 15) is 9.18 Å². The van der Waals surface area contributed by atoms with E-state index in [0.717, 1.165) is 19.4 Å². The quantitative estimate of drug-likeness (QED) is 0.911. The van der Waals surface area contributed by atoms with Crippen LogP contribution in [0.1, 0.15) is 29.6 Å². The summed E-state index contributed by atoms with van der Waals surface area (Å²) in [4.78, 5) is 13.0. The van der Waals surface area contributed by atoms with Gasteiger partial charge in [-0.15, -0.1) is 0 Å². The fourth-order valence-electron chi connectivity index (χ4n) is 3.15. The second kappa shape index (κ2) is 4.23. The van der Waals surface area contributed by atoms with Crippen molar-refractivity contribution >= 4 is 27.6 Å². The number of fused-ring (bicyclic) bond motifs is 2. The summed E-state index contributed by atoms with van der Waals surface area (Å²) in [6.45, 7) is 0.889. The molecule has 0 spiro atoms. The number of carboxylic acids is 1. The van der Waals surface area contributed by atoms with Gasteiger partial charge in [0, 0.05) is 12.6 Å². The highest BCUT2D eigenvalue weighted by atomic mass is 79.9. The molecular formula is C13H13BrFNO2. The molecular weight excluding hydrogens is 301 g/mol. The fraction of sp³-hybridized carbons (Fsp3) is 0.462. The van der Waals surface area contributed by atoms with E-state index in [4.69, 9.17) is 5.11 Å². The molecule has 1 aliphatic heterocycles. The van der Waals surface area contributed by atoms with Crippen LogP contribution in [0.2, 0.25) is 0 Å². The van der Waals surface area contributed by atoms with Gasteiger partial charge in [0.2, 0.25) is 0 Å². The topological polar surface area (TPSA) is 40.5 Å². The fourth-order valence-corrected chi connectivity index (χ4v) is 3.65. The molecule has 2 atom stereocenters. The van der Waals surface area contributed by atoms with Gasteiger partial charge in [0.25, 0.3) is 0 Å². The van der Waals surface area contributed by atoms with Gasteiger partial charge < -0.3 is 10.0 Å². The SMILES string of the molecule is O=C(O)c1ccc(N2CC3CCC2C3)c(F)c1Br. The summed E-state index contributed by atoms with van der Waals surface area (Å²) < 4.78 is 14.3. The van der Waals surface area contributed by atoms with Crippen molar-refractivity contribution < 1.29 is 14.3 Å². The number of hydrogen-bond donors (Lipinski definition) is 1. The average Bonchev–Trinajstić information content (AvgIpc) is 2.94. The van der Waals surface area contributed by atoms with Crippen LogP contribution in [-0.2, 0) is 0 Å². The third kappa shape index (κ3) is 1.72. The average molecular weight is 314 g/mol. The molecule has 3 nitrogen and oxygen atoms in total. The molecule has 1 aliphatic carbocycles. The van der Waals surface area contributed by atoms with Gasteiger partial charge in [-0.2, -0.15) is 0 Å². The molecule has 0 aromatic heterocycles. The van der Waals surface area contributed by atoms with E-state index in [-0.39, 0.29) is 10.0 Å². The lowest BCUT2D eigenvalue weighted by molar-refractivity contribution is 0.0695. The van der Waals surface area contributed by atoms with Gasteiger partial charge >= 0.3 is 5.97 Å². The first-order valence-corrected chi connectivity index (χ1v) is 6.85. The van der Waals surface area contributed by atoms with Crippen molar-refractivity contribution in [1.82, 2.24) is 0 Å². The number of hydrogen-bond acceptors (Lipinski definition) is 2. The van der Waals surface area contributed by atoms with Crippen LogP contribution >= 0.6 is 15.9 Å². The lowest BCUT2D eigenvalue weighted by atomic mass is 10.1. The molecule has 2 unspecified atom stereocenters. The minimum absolute atomic E-state index is 0.0272. The summed E-state index contributed by atoms with van der Waals surface area (Å²) in [6.07, 6.45) is 3.48. The number of nitrogens with zero attached hydrogens (tertiary/aromatic N) is 1. The maximum absolute atomic E-state index is 14.2. The molecule has 18 heavy (non-hydrogen) atoms. The van der Waals surface area contributed by atoms with E-state index >= 15 is 0 Å². The second-order valence-electron chi connectivity index (χ2n) is 5.05. The van der Waals surface area contributed by atoms with Crippen molar-refractivity contribution in [2.24, 2.45) is 5.92 Å². The highest BCUT2D eigenvalue weighted by Gasteiger charge is 2.39. The third-order valence-electron chi connectivity index (χ3n) is 4.01. The Bertz CT molecular complexity index is 520. The van der Waals surface area contributed by atoms with Gasteiger partial charge in [0.1, 0.15) is 0 Å². The number of aromatic carboxylic acids is 1. The third-order valence-corrected chi connectivity index (χ3v) is 4.79.